The topological polar surface area (TPSA) is 64.9 Å². The van der Waals surface area contributed by atoms with Gasteiger partial charge in [0.1, 0.15) is 0 Å². The number of nitrogens with one attached hydrogen (secondary N) is 2. The molecule has 1 aromatic heterocycles. The van der Waals surface area contributed by atoms with Crippen LogP contribution in [0.15, 0.2) is 17.4 Å². The van der Waals surface area contributed by atoms with Gasteiger partial charge in [-0.1, -0.05) is 0 Å². The van der Waals surface area contributed by atoms with Gasteiger partial charge in [-0.2, -0.15) is 0 Å². The van der Waals surface area contributed by atoms with E-state index in [4.69, 9.17) is 5.41 Å². The third-order valence-corrected chi connectivity index (χ3v) is 0.755. The summed E-state index contributed by atoms with van der Waals surface area (Å²) < 4.78 is 0. The number of imidazole rings is 1. The molecule has 4 heteroatoms. The van der Waals surface area contributed by atoms with Crippen molar-refractivity contribution >= 4 is 18.4 Å². The Morgan fingerprint density at radius 1 is 1.78 bits per heavy atom. The molecule has 0 aromatic carbocycles. The number of nitrogens with zero attached hydrogens (tertiary/aromatic N) is 2. The molecule has 1 heterocycles. The van der Waals surface area contributed by atoms with Gasteiger partial charge in [0.15, 0.2) is 0 Å². The zero-order chi connectivity index (χ0) is 6.53. The van der Waals surface area contributed by atoms with Crippen LogP contribution < -0.4 is 0 Å². The van der Waals surface area contributed by atoms with Crippen LogP contribution in [0.4, 0.5) is 5.95 Å². The zero-order valence-electron chi connectivity index (χ0n) is 4.70. The summed E-state index contributed by atoms with van der Waals surface area (Å²) in [6, 6.07) is 0. The van der Waals surface area contributed by atoms with Crippen molar-refractivity contribution in [1.29, 1.82) is 5.41 Å². The van der Waals surface area contributed by atoms with Crippen molar-refractivity contribution in [3.05, 3.63) is 12.4 Å². The average molecular weight is 122 g/mol. The Morgan fingerprint density at radius 2 is 2.67 bits per heavy atom. The van der Waals surface area contributed by atoms with E-state index in [1.54, 1.807) is 12.4 Å². The van der Waals surface area contributed by atoms with Crippen LogP contribution in [-0.2, 0) is 0 Å². The van der Waals surface area contributed by atoms with E-state index in [2.05, 4.69) is 15.0 Å². The van der Waals surface area contributed by atoms with E-state index in [0.717, 1.165) is 6.21 Å². The Labute approximate surface area is 52.2 Å². The molecule has 4 nitrogen and oxygen atoms in total. The number of hydrogen-bond acceptors (Lipinski definition) is 3. The number of aromatic nitrogens is 2. The van der Waals surface area contributed by atoms with Gasteiger partial charge in [0.05, 0.1) is 0 Å². The van der Waals surface area contributed by atoms with E-state index >= 15 is 0 Å². The van der Waals surface area contributed by atoms with E-state index < -0.39 is 0 Å². The predicted octanol–water partition coefficient (Wildman–Crippen LogP) is 0.762. The maximum atomic E-state index is 6.59. The number of H-pyrrole nitrogens is 1. The summed E-state index contributed by atoms with van der Waals surface area (Å²) >= 11 is 0. The summed E-state index contributed by atoms with van der Waals surface area (Å²) in [5, 5.41) is 6.59. The van der Waals surface area contributed by atoms with Crippen LogP contribution in [0.25, 0.3) is 0 Å². The summed E-state index contributed by atoms with van der Waals surface area (Å²) in [6.45, 7) is 0. The fraction of sp³-hybridized carbons (Fsp3) is 0. The first-order valence-corrected chi connectivity index (χ1v) is 2.46. The van der Waals surface area contributed by atoms with Crippen LogP contribution in [-0.4, -0.2) is 22.4 Å². The summed E-state index contributed by atoms with van der Waals surface area (Å²) in [5.74, 6) is 0.526. The highest BCUT2D eigenvalue weighted by atomic mass is 15.0. The highest BCUT2D eigenvalue weighted by Crippen LogP contribution is 1.97. The molecular weight excluding hydrogens is 116 g/mol. The summed E-state index contributed by atoms with van der Waals surface area (Å²) in [7, 11) is 0. The average Bonchev–Trinajstić information content (AvgIpc) is 2.34. The molecule has 2 N–H and O–H groups in total. The van der Waals surface area contributed by atoms with Gasteiger partial charge in [-0.05, 0) is 0 Å². The number of aromatic amines is 1. The summed E-state index contributed by atoms with van der Waals surface area (Å²) in [6.07, 6.45) is 5.74. The molecule has 0 saturated carbocycles. The predicted molar refractivity (Wildman–Crippen MR) is 35.5 cm³/mol. The molecule has 0 radical (unpaired) electrons. The second-order valence-electron chi connectivity index (χ2n) is 1.36. The summed E-state index contributed by atoms with van der Waals surface area (Å²) in [4.78, 5) is 10.3. The molecule has 0 atom stereocenters. The Bertz CT molecular complexity index is 199. The molecule has 0 aliphatic rings. The van der Waals surface area contributed by atoms with Crippen LogP contribution >= 0.6 is 0 Å². The minimum atomic E-state index is 0.526. The Hall–Kier alpha value is -1.45. The molecule has 46 valence electrons. The lowest BCUT2D eigenvalue weighted by Crippen LogP contribution is -1.71. The van der Waals surface area contributed by atoms with E-state index in [-0.39, 0.29) is 0 Å². The second-order valence-corrected chi connectivity index (χ2v) is 1.36. The lowest BCUT2D eigenvalue weighted by Gasteiger charge is -1.76. The lowest BCUT2D eigenvalue weighted by molar-refractivity contribution is 1.25. The molecule has 0 spiro atoms. The van der Waals surface area contributed by atoms with Gasteiger partial charge >= 0.3 is 0 Å². The first-order valence-electron chi connectivity index (χ1n) is 2.46. The molecule has 0 unspecified atom stereocenters. The van der Waals surface area contributed by atoms with Crippen LogP contribution in [0.1, 0.15) is 0 Å². The second kappa shape index (κ2) is 2.76. The zero-order valence-corrected chi connectivity index (χ0v) is 4.70. The van der Waals surface area contributed by atoms with Crippen LogP contribution in [0.5, 0.6) is 0 Å². The molecule has 0 amide bonds. The molecule has 9 heavy (non-hydrogen) atoms. The van der Waals surface area contributed by atoms with Crippen molar-refractivity contribution in [2.24, 2.45) is 4.99 Å². The van der Waals surface area contributed by atoms with Gasteiger partial charge < -0.3 is 10.4 Å². The maximum Gasteiger partial charge on any atom is 0.226 e. The van der Waals surface area contributed by atoms with Gasteiger partial charge in [-0.3, -0.25) is 0 Å². The van der Waals surface area contributed by atoms with E-state index in [1.807, 2.05) is 0 Å². The highest BCUT2D eigenvalue weighted by molar-refractivity contribution is 6.15. The first kappa shape index (κ1) is 5.68. The quantitative estimate of drug-likeness (QED) is 0.559. The fourth-order valence-corrected chi connectivity index (χ4v) is 0.435. The highest BCUT2D eigenvalue weighted by Gasteiger charge is 1.82. The molecule has 0 bridgehead atoms. The molecule has 0 saturated heterocycles. The Balaban J connectivity index is 2.67. The largest absolute Gasteiger partial charge is 0.329 e. The Morgan fingerprint density at radius 3 is 3.22 bits per heavy atom. The van der Waals surface area contributed by atoms with Gasteiger partial charge in [-0.25, -0.2) is 9.98 Å². The van der Waals surface area contributed by atoms with Gasteiger partial charge in [0.25, 0.3) is 0 Å². The number of hydrogen-bond donors (Lipinski definition) is 2. The van der Waals surface area contributed by atoms with E-state index in [1.165, 1.54) is 6.21 Å². The SMILES string of the molecule is N=CC=Nc1ncc[nH]1. The minimum absolute atomic E-state index is 0.526. The first-order chi connectivity index (χ1) is 4.43. The fourth-order valence-electron chi connectivity index (χ4n) is 0.435. The number of aliphatic imine (C=N–C) groups is 1. The third-order valence-electron chi connectivity index (χ3n) is 0.755. The summed E-state index contributed by atoms with van der Waals surface area (Å²) in [5.41, 5.74) is 0. The molecule has 0 aliphatic heterocycles. The van der Waals surface area contributed by atoms with Crippen molar-refractivity contribution in [1.82, 2.24) is 9.97 Å². The van der Waals surface area contributed by atoms with Crippen LogP contribution in [0.3, 0.4) is 0 Å². The van der Waals surface area contributed by atoms with Crippen molar-refractivity contribution in [2.75, 3.05) is 0 Å². The van der Waals surface area contributed by atoms with Crippen LogP contribution in [0.2, 0.25) is 0 Å². The monoisotopic (exact) mass is 122 g/mol. The van der Waals surface area contributed by atoms with Crippen LogP contribution in [0, 0.1) is 5.41 Å². The lowest BCUT2D eigenvalue weighted by atomic mass is 10.8. The van der Waals surface area contributed by atoms with Gasteiger partial charge in [-0.15, -0.1) is 0 Å². The minimum Gasteiger partial charge on any atom is -0.329 e. The molecule has 1 aromatic rings. The standard InChI is InChI=1S/C5H6N4/c6-1-2-7-5-8-3-4-9-5/h1-4,6H,(H,8,9). The van der Waals surface area contributed by atoms with Crippen molar-refractivity contribution in [3.8, 4) is 0 Å². The third kappa shape index (κ3) is 1.49. The van der Waals surface area contributed by atoms with Crippen molar-refractivity contribution in [2.45, 2.75) is 0 Å². The normalized spacial score (nSPS) is 10.2. The molecule has 0 fully saturated rings. The van der Waals surface area contributed by atoms with Gasteiger partial charge in [0.2, 0.25) is 5.95 Å². The molecule has 0 aliphatic carbocycles. The number of rotatable bonds is 2. The van der Waals surface area contributed by atoms with Crippen molar-refractivity contribution < 1.29 is 0 Å². The van der Waals surface area contributed by atoms with Crippen molar-refractivity contribution in [3.63, 3.8) is 0 Å². The Kier molecular flexibility index (Phi) is 1.74. The molecular formula is C5H6N4. The smallest absolute Gasteiger partial charge is 0.226 e. The van der Waals surface area contributed by atoms with Gasteiger partial charge in [0, 0.05) is 24.8 Å². The maximum absolute atomic E-state index is 6.59. The van der Waals surface area contributed by atoms with E-state index in [0.29, 0.717) is 5.95 Å². The molecule has 1 rings (SSSR count). The van der Waals surface area contributed by atoms with E-state index in [9.17, 15) is 0 Å².